The van der Waals surface area contributed by atoms with Gasteiger partial charge in [-0.25, -0.2) is 4.79 Å². The van der Waals surface area contributed by atoms with Crippen molar-refractivity contribution in [1.82, 2.24) is 4.90 Å². The minimum Gasteiger partial charge on any atom is -0.496 e. The second-order valence-electron chi connectivity index (χ2n) is 4.33. The van der Waals surface area contributed by atoms with Crippen LogP contribution in [0.25, 0.3) is 0 Å². The molecule has 0 saturated heterocycles. The topological polar surface area (TPSA) is 49.8 Å². The average molecular weight is 249 g/mol. The highest BCUT2D eigenvalue weighted by Crippen LogP contribution is 2.25. The maximum absolute atomic E-state index is 10.6. The van der Waals surface area contributed by atoms with Gasteiger partial charge < -0.3 is 9.84 Å². The highest BCUT2D eigenvalue weighted by atomic mass is 16.5. The van der Waals surface area contributed by atoms with Crippen molar-refractivity contribution in [3.8, 4) is 5.75 Å². The van der Waals surface area contributed by atoms with Crippen LogP contribution in [0.15, 0.2) is 30.4 Å². The number of methoxy groups -OCH3 is 1. The molecule has 1 aromatic rings. The molecule has 1 rings (SSSR count). The fourth-order valence-corrected chi connectivity index (χ4v) is 1.84. The normalized spacial score (nSPS) is 12.9. The molecule has 0 radical (unpaired) electrons. The van der Waals surface area contributed by atoms with Gasteiger partial charge in [0, 0.05) is 6.08 Å². The van der Waals surface area contributed by atoms with Crippen molar-refractivity contribution >= 4 is 5.97 Å². The van der Waals surface area contributed by atoms with Gasteiger partial charge in [0.1, 0.15) is 5.75 Å². The summed E-state index contributed by atoms with van der Waals surface area (Å²) in [4.78, 5) is 12.6. The zero-order chi connectivity index (χ0) is 13.7. The molecular formula is C14H19NO3. The summed E-state index contributed by atoms with van der Waals surface area (Å²) in [5, 5.41) is 8.70. The Bertz CT molecular complexity index is 452. The van der Waals surface area contributed by atoms with E-state index in [4.69, 9.17) is 9.84 Å². The number of carbonyl (C=O) groups is 1. The Morgan fingerprint density at radius 1 is 1.44 bits per heavy atom. The van der Waals surface area contributed by atoms with Gasteiger partial charge in [-0.15, -0.1) is 0 Å². The van der Waals surface area contributed by atoms with E-state index in [9.17, 15) is 4.79 Å². The molecule has 0 fully saturated rings. The first-order valence-corrected chi connectivity index (χ1v) is 5.67. The van der Waals surface area contributed by atoms with Crippen LogP contribution in [-0.4, -0.2) is 37.2 Å². The van der Waals surface area contributed by atoms with E-state index in [0.717, 1.165) is 16.9 Å². The monoisotopic (exact) mass is 249 g/mol. The lowest BCUT2D eigenvalue weighted by Gasteiger charge is -2.22. The van der Waals surface area contributed by atoms with Crippen molar-refractivity contribution in [2.24, 2.45) is 0 Å². The summed E-state index contributed by atoms with van der Waals surface area (Å²) in [5.74, 6) is -0.106. The molecule has 0 aliphatic heterocycles. The van der Waals surface area contributed by atoms with E-state index in [1.807, 2.05) is 44.1 Å². The molecule has 1 aromatic carbocycles. The van der Waals surface area contributed by atoms with E-state index in [1.165, 1.54) is 6.08 Å². The highest BCUT2D eigenvalue weighted by molar-refractivity contribution is 5.79. The summed E-state index contributed by atoms with van der Waals surface area (Å²) in [6.07, 6.45) is 2.84. The Hall–Kier alpha value is -1.81. The van der Waals surface area contributed by atoms with Crippen molar-refractivity contribution < 1.29 is 14.6 Å². The van der Waals surface area contributed by atoms with E-state index >= 15 is 0 Å². The van der Waals surface area contributed by atoms with Crippen LogP contribution in [0, 0.1) is 6.92 Å². The number of nitrogens with zero attached hydrogens (tertiary/aromatic N) is 1. The number of aliphatic carboxylic acids is 1. The van der Waals surface area contributed by atoms with Crippen LogP contribution in [0.4, 0.5) is 0 Å². The first-order valence-electron chi connectivity index (χ1n) is 5.67. The van der Waals surface area contributed by atoms with Crippen molar-refractivity contribution in [3.63, 3.8) is 0 Å². The zero-order valence-corrected chi connectivity index (χ0v) is 11.2. The average Bonchev–Trinajstić information content (AvgIpc) is 2.28. The maximum Gasteiger partial charge on any atom is 0.328 e. The van der Waals surface area contributed by atoms with Crippen molar-refractivity contribution in [2.45, 2.75) is 13.0 Å². The highest BCUT2D eigenvalue weighted by Gasteiger charge is 2.12. The predicted molar refractivity (Wildman–Crippen MR) is 70.9 cm³/mol. The van der Waals surface area contributed by atoms with E-state index in [-0.39, 0.29) is 6.04 Å². The van der Waals surface area contributed by atoms with Crippen LogP contribution < -0.4 is 4.74 Å². The van der Waals surface area contributed by atoms with Gasteiger partial charge in [0.2, 0.25) is 0 Å². The molecule has 0 aliphatic rings. The molecule has 0 aliphatic carbocycles. The smallest absolute Gasteiger partial charge is 0.328 e. The lowest BCUT2D eigenvalue weighted by molar-refractivity contribution is -0.131. The summed E-state index contributed by atoms with van der Waals surface area (Å²) in [6, 6.07) is 5.79. The number of carboxylic acids is 1. The number of likely N-dealkylation sites (N-methyl/N-ethyl adjacent to an activating group) is 1. The largest absolute Gasteiger partial charge is 0.496 e. The van der Waals surface area contributed by atoms with E-state index in [2.05, 4.69) is 0 Å². The number of carboxylic acid groups (broad SMARTS) is 1. The third kappa shape index (κ3) is 3.60. The summed E-state index contributed by atoms with van der Waals surface area (Å²) < 4.78 is 5.21. The lowest BCUT2D eigenvalue weighted by atomic mass is 10.0. The van der Waals surface area contributed by atoms with Crippen LogP contribution in [0.5, 0.6) is 5.75 Å². The fourth-order valence-electron chi connectivity index (χ4n) is 1.84. The minimum absolute atomic E-state index is 0.0642. The number of benzene rings is 1. The van der Waals surface area contributed by atoms with Crippen LogP contribution in [0.3, 0.4) is 0 Å². The molecule has 4 nitrogen and oxygen atoms in total. The lowest BCUT2D eigenvalue weighted by Crippen LogP contribution is -2.18. The molecule has 1 atom stereocenters. The number of hydrogen-bond acceptors (Lipinski definition) is 3. The first kappa shape index (κ1) is 14.3. The summed E-state index contributed by atoms with van der Waals surface area (Å²) >= 11 is 0. The van der Waals surface area contributed by atoms with Gasteiger partial charge in [0.15, 0.2) is 0 Å². The van der Waals surface area contributed by atoms with Crippen LogP contribution >= 0.6 is 0 Å². The van der Waals surface area contributed by atoms with Crippen molar-refractivity contribution in [1.29, 1.82) is 0 Å². The Balaban J connectivity index is 3.06. The number of ether oxygens (including phenoxy) is 1. The molecule has 0 saturated carbocycles. The quantitative estimate of drug-likeness (QED) is 0.813. The molecule has 0 heterocycles. The number of hydrogen-bond donors (Lipinski definition) is 1. The molecule has 0 spiro atoms. The maximum atomic E-state index is 10.6. The Morgan fingerprint density at radius 3 is 2.56 bits per heavy atom. The second kappa shape index (κ2) is 6.21. The van der Waals surface area contributed by atoms with Crippen LogP contribution in [-0.2, 0) is 4.79 Å². The van der Waals surface area contributed by atoms with Crippen LogP contribution in [0.2, 0.25) is 0 Å². The third-order valence-electron chi connectivity index (χ3n) is 2.74. The van der Waals surface area contributed by atoms with Gasteiger partial charge in [0.25, 0.3) is 0 Å². The van der Waals surface area contributed by atoms with Gasteiger partial charge in [-0.05, 0) is 38.2 Å². The SMILES string of the molecule is COc1ccc(C(/C=C/C(=O)O)N(C)C)cc1C. The second-order valence-corrected chi connectivity index (χ2v) is 4.33. The van der Waals surface area contributed by atoms with Crippen molar-refractivity contribution in [2.75, 3.05) is 21.2 Å². The van der Waals surface area contributed by atoms with E-state index in [0.29, 0.717) is 0 Å². The van der Waals surface area contributed by atoms with Crippen molar-refractivity contribution in [3.05, 3.63) is 41.5 Å². The summed E-state index contributed by atoms with van der Waals surface area (Å²) in [5.41, 5.74) is 2.07. The van der Waals surface area contributed by atoms with E-state index in [1.54, 1.807) is 13.2 Å². The van der Waals surface area contributed by atoms with Gasteiger partial charge in [0.05, 0.1) is 13.2 Å². The molecule has 0 bridgehead atoms. The van der Waals surface area contributed by atoms with Gasteiger partial charge >= 0.3 is 5.97 Å². The molecule has 1 unspecified atom stereocenters. The summed E-state index contributed by atoms with van der Waals surface area (Å²) in [7, 11) is 5.46. The Kier molecular flexibility index (Phi) is 4.92. The zero-order valence-electron chi connectivity index (χ0n) is 11.2. The third-order valence-corrected chi connectivity index (χ3v) is 2.74. The molecule has 98 valence electrons. The summed E-state index contributed by atoms with van der Waals surface area (Å²) in [6.45, 7) is 1.97. The molecule has 0 amide bonds. The molecule has 0 aromatic heterocycles. The molecular weight excluding hydrogens is 230 g/mol. The van der Waals surface area contributed by atoms with Gasteiger partial charge in [-0.2, -0.15) is 0 Å². The Morgan fingerprint density at radius 2 is 2.11 bits per heavy atom. The van der Waals surface area contributed by atoms with Gasteiger partial charge in [-0.3, -0.25) is 4.90 Å². The van der Waals surface area contributed by atoms with Crippen LogP contribution in [0.1, 0.15) is 17.2 Å². The number of rotatable bonds is 5. The molecule has 1 N–H and O–H groups in total. The molecule has 4 heteroatoms. The fraction of sp³-hybridized carbons (Fsp3) is 0.357. The van der Waals surface area contributed by atoms with E-state index < -0.39 is 5.97 Å². The Labute approximate surface area is 107 Å². The molecule has 18 heavy (non-hydrogen) atoms. The predicted octanol–water partition coefficient (Wildman–Crippen LogP) is 2.25. The minimum atomic E-state index is -0.938. The number of aryl methyl sites for hydroxylation is 1. The first-order chi connectivity index (χ1) is 8.45. The van der Waals surface area contributed by atoms with Gasteiger partial charge in [-0.1, -0.05) is 18.2 Å². The standard InChI is InChI=1S/C14H19NO3/c1-10-9-11(5-7-13(10)18-4)12(15(2)3)6-8-14(16)17/h5-9,12H,1-4H3,(H,16,17)/b8-6+.